The highest BCUT2D eigenvalue weighted by Gasteiger charge is 2.32. The SMILES string of the molecule is O=C(Cn1cnc2ccc([N+](=O)[O-])cc2c1=O)N1CC[C@@H]2CCCC[C@@H]2C1. The van der Waals surface area contributed by atoms with E-state index in [1.54, 1.807) is 0 Å². The molecule has 0 radical (unpaired) electrons. The van der Waals surface area contributed by atoms with Gasteiger partial charge in [0.15, 0.2) is 0 Å². The standard InChI is InChI=1S/C19H22N4O4/c24-18(21-8-7-13-3-1-2-4-14(13)10-21)11-22-12-20-17-6-5-15(23(26)27)9-16(17)19(22)25/h5-6,9,12-14H,1-4,7-8,10-11H2/t13-,14+/m0/s1. The van der Waals surface area contributed by atoms with Crippen LogP contribution in [0.15, 0.2) is 29.3 Å². The highest BCUT2D eigenvalue weighted by molar-refractivity contribution is 5.81. The molecule has 1 aliphatic carbocycles. The van der Waals surface area contributed by atoms with Crippen LogP contribution in [0.5, 0.6) is 0 Å². The fourth-order valence-electron chi connectivity index (χ4n) is 4.45. The van der Waals surface area contributed by atoms with Crippen molar-refractivity contribution < 1.29 is 9.72 Å². The second-order valence-corrected chi connectivity index (χ2v) is 7.57. The molecule has 1 aromatic carbocycles. The number of nitrogens with zero attached hydrogens (tertiary/aromatic N) is 4. The molecule has 2 aromatic rings. The van der Waals surface area contributed by atoms with Gasteiger partial charge in [-0.1, -0.05) is 19.3 Å². The van der Waals surface area contributed by atoms with Gasteiger partial charge >= 0.3 is 0 Å². The Bertz CT molecular complexity index is 954. The van der Waals surface area contributed by atoms with Crippen LogP contribution in [-0.4, -0.2) is 38.4 Å². The summed E-state index contributed by atoms with van der Waals surface area (Å²) >= 11 is 0. The quantitative estimate of drug-likeness (QED) is 0.610. The van der Waals surface area contributed by atoms with Crippen molar-refractivity contribution in [1.82, 2.24) is 14.5 Å². The first-order valence-electron chi connectivity index (χ1n) is 9.44. The molecule has 1 saturated heterocycles. The van der Waals surface area contributed by atoms with Crippen molar-refractivity contribution in [2.45, 2.75) is 38.6 Å². The molecule has 8 heteroatoms. The minimum absolute atomic E-state index is 0.0815. The predicted molar refractivity (Wildman–Crippen MR) is 99.3 cm³/mol. The third-order valence-corrected chi connectivity index (χ3v) is 5.97. The van der Waals surface area contributed by atoms with E-state index in [0.717, 1.165) is 25.4 Å². The molecular weight excluding hydrogens is 348 g/mol. The number of benzene rings is 1. The third kappa shape index (κ3) is 3.43. The first-order valence-corrected chi connectivity index (χ1v) is 9.44. The molecule has 1 aliphatic heterocycles. The molecule has 2 fully saturated rings. The molecule has 27 heavy (non-hydrogen) atoms. The number of nitro groups is 1. The highest BCUT2D eigenvalue weighted by atomic mass is 16.6. The summed E-state index contributed by atoms with van der Waals surface area (Å²) in [6, 6.07) is 3.99. The number of piperidine rings is 1. The van der Waals surface area contributed by atoms with E-state index >= 15 is 0 Å². The molecule has 1 aromatic heterocycles. The van der Waals surface area contributed by atoms with Crippen molar-refractivity contribution in [2.75, 3.05) is 13.1 Å². The van der Waals surface area contributed by atoms with Gasteiger partial charge in [-0.15, -0.1) is 0 Å². The van der Waals surface area contributed by atoms with Gasteiger partial charge in [0.2, 0.25) is 5.91 Å². The number of non-ortho nitro benzene ring substituents is 1. The normalized spacial score (nSPS) is 22.4. The van der Waals surface area contributed by atoms with Gasteiger partial charge < -0.3 is 4.90 Å². The maximum absolute atomic E-state index is 12.7. The van der Waals surface area contributed by atoms with Gasteiger partial charge in [-0.25, -0.2) is 4.98 Å². The van der Waals surface area contributed by atoms with Crippen LogP contribution in [0, 0.1) is 22.0 Å². The number of nitro benzene ring substituents is 1. The van der Waals surface area contributed by atoms with Gasteiger partial charge in [0.1, 0.15) is 6.54 Å². The van der Waals surface area contributed by atoms with Crippen LogP contribution >= 0.6 is 0 Å². The Morgan fingerprint density at radius 1 is 1.22 bits per heavy atom. The molecule has 4 rings (SSSR count). The zero-order chi connectivity index (χ0) is 19.0. The molecule has 1 saturated carbocycles. The van der Waals surface area contributed by atoms with E-state index in [2.05, 4.69) is 4.98 Å². The summed E-state index contributed by atoms with van der Waals surface area (Å²) in [4.78, 5) is 41.9. The van der Waals surface area contributed by atoms with Crippen LogP contribution in [0.2, 0.25) is 0 Å². The summed E-state index contributed by atoms with van der Waals surface area (Å²) in [6.45, 7) is 1.42. The number of likely N-dealkylation sites (tertiary alicyclic amines) is 1. The van der Waals surface area contributed by atoms with Crippen LogP contribution in [0.25, 0.3) is 10.9 Å². The van der Waals surface area contributed by atoms with Gasteiger partial charge in [0.05, 0.1) is 22.2 Å². The van der Waals surface area contributed by atoms with Crippen LogP contribution < -0.4 is 5.56 Å². The number of amides is 1. The Kier molecular flexibility index (Phi) is 4.63. The van der Waals surface area contributed by atoms with E-state index in [1.807, 2.05) is 4.90 Å². The van der Waals surface area contributed by atoms with E-state index in [0.29, 0.717) is 11.4 Å². The van der Waals surface area contributed by atoms with Gasteiger partial charge in [0.25, 0.3) is 11.2 Å². The van der Waals surface area contributed by atoms with Crippen molar-refractivity contribution in [1.29, 1.82) is 0 Å². The fourth-order valence-corrected chi connectivity index (χ4v) is 4.45. The second-order valence-electron chi connectivity index (χ2n) is 7.57. The number of carbonyl (C=O) groups is 1. The second kappa shape index (κ2) is 7.09. The number of rotatable bonds is 3. The molecular formula is C19H22N4O4. The largest absolute Gasteiger partial charge is 0.341 e. The highest BCUT2D eigenvalue weighted by Crippen LogP contribution is 2.36. The van der Waals surface area contributed by atoms with Gasteiger partial charge in [-0.3, -0.25) is 24.3 Å². The molecule has 2 heterocycles. The molecule has 1 amide bonds. The molecule has 2 atom stereocenters. The Morgan fingerprint density at radius 3 is 2.78 bits per heavy atom. The minimum Gasteiger partial charge on any atom is -0.341 e. The van der Waals surface area contributed by atoms with E-state index in [9.17, 15) is 19.7 Å². The lowest BCUT2D eigenvalue weighted by Gasteiger charge is -2.41. The lowest BCUT2D eigenvalue weighted by atomic mass is 9.75. The third-order valence-electron chi connectivity index (χ3n) is 5.97. The zero-order valence-corrected chi connectivity index (χ0v) is 15.0. The first kappa shape index (κ1) is 17.6. The van der Waals surface area contributed by atoms with Crippen LogP contribution in [0.1, 0.15) is 32.1 Å². The Labute approximate surface area is 156 Å². The summed E-state index contributed by atoms with van der Waals surface area (Å²) < 4.78 is 1.25. The van der Waals surface area contributed by atoms with Crippen molar-refractivity contribution >= 4 is 22.5 Å². The predicted octanol–water partition coefficient (Wildman–Crippen LogP) is 2.34. The summed E-state index contributed by atoms with van der Waals surface area (Å²) in [5.74, 6) is 1.21. The first-order chi connectivity index (χ1) is 13.0. The maximum Gasteiger partial charge on any atom is 0.270 e. The molecule has 0 unspecified atom stereocenters. The summed E-state index contributed by atoms with van der Waals surface area (Å²) in [7, 11) is 0. The van der Waals surface area contributed by atoms with Crippen LogP contribution in [0.3, 0.4) is 0 Å². The maximum atomic E-state index is 12.7. The Morgan fingerprint density at radius 2 is 2.00 bits per heavy atom. The molecule has 142 valence electrons. The lowest BCUT2D eigenvalue weighted by Crippen LogP contribution is -2.46. The van der Waals surface area contributed by atoms with E-state index in [-0.39, 0.29) is 23.5 Å². The van der Waals surface area contributed by atoms with Gasteiger partial charge in [-0.05, 0) is 30.7 Å². The van der Waals surface area contributed by atoms with Gasteiger partial charge in [0, 0.05) is 25.2 Å². The Hall–Kier alpha value is -2.77. The van der Waals surface area contributed by atoms with E-state index in [1.165, 1.54) is 54.8 Å². The summed E-state index contributed by atoms with van der Waals surface area (Å²) in [5, 5.41) is 11.1. The van der Waals surface area contributed by atoms with Crippen molar-refractivity contribution in [3.8, 4) is 0 Å². The minimum atomic E-state index is -0.546. The summed E-state index contributed by atoms with van der Waals surface area (Å²) in [6.07, 6.45) is 7.35. The zero-order valence-electron chi connectivity index (χ0n) is 15.0. The number of hydrogen-bond donors (Lipinski definition) is 0. The average molecular weight is 370 g/mol. The smallest absolute Gasteiger partial charge is 0.270 e. The molecule has 0 spiro atoms. The lowest BCUT2D eigenvalue weighted by molar-refractivity contribution is -0.384. The Balaban J connectivity index is 1.54. The van der Waals surface area contributed by atoms with Crippen molar-refractivity contribution in [2.24, 2.45) is 11.8 Å². The monoisotopic (exact) mass is 370 g/mol. The van der Waals surface area contributed by atoms with Crippen LogP contribution in [-0.2, 0) is 11.3 Å². The molecule has 8 nitrogen and oxygen atoms in total. The van der Waals surface area contributed by atoms with Gasteiger partial charge in [-0.2, -0.15) is 0 Å². The topological polar surface area (TPSA) is 98.3 Å². The summed E-state index contributed by atoms with van der Waals surface area (Å²) in [5.41, 5.74) is -0.202. The fraction of sp³-hybridized carbons (Fsp3) is 0.526. The van der Waals surface area contributed by atoms with E-state index < -0.39 is 10.5 Å². The number of carbonyl (C=O) groups excluding carboxylic acids is 1. The van der Waals surface area contributed by atoms with E-state index in [4.69, 9.17) is 0 Å². The number of hydrogen-bond acceptors (Lipinski definition) is 5. The number of fused-ring (bicyclic) bond motifs is 2. The molecule has 0 bridgehead atoms. The van der Waals surface area contributed by atoms with Crippen molar-refractivity contribution in [3.05, 3.63) is 45.0 Å². The molecule has 0 N–H and O–H groups in total. The number of aromatic nitrogens is 2. The average Bonchev–Trinajstić information content (AvgIpc) is 2.69. The molecule has 2 aliphatic rings. The van der Waals surface area contributed by atoms with Crippen molar-refractivity contribution in [3.63, 3.8) is 0 Å². The van der Waals surface area contributed by atoms with Crippen LogP contribution in [0.4, 0.5) is 5.69 Å².